The van der Waals surface area contributed by atoms with Crippen LogP contribution < -0.4 is 18.9 Å². The minimum atomic E-state index is 0.809. The Balaban J connectivity index is 1.59. The molecule has 0 heterocycles. The Morgan fingerprint density at radius 1 is 0.300 bits per heavy atom. The average molecular weight is 695 g/mol. The maximum absolute atomic E-state index is 5.53. The Hall–Kier alpha value is -5.30. The van der Waals surface area contributed by atoms with Gasteiger partial charge in [0.2, 0.25) is 0 Å². The normalized spacial score (nSPS) is 10.6. The van der Waals surface area contributed by atoms with E-state index in [1.54, 1.807) is 50.0 Å². The van der Waals surface area contributed by atoms with Crippen molar-refractivity contribution in [1.82, 2.24) is 0 Å². The van der Waals surface area contributed by atoms with Crippen molar-refractivity contribution in [1.29, 1.82) is 0 Å². The highest BCUT2D eigenvalue weighted by Gasteiger charge is 2.21. The van der Waals surface area contributed by atoms with Gasteiger partial charge in [0.25, 0.3) is 0 Å². The second-order valence-electron chi connectivity index (χ2n) is 11.2. The van der Waals surface area contributed by atoms with Crippen molar-refractivity contribution in [3.8, 4) is 23.0 Å². The summed E-state index contributed by atoms with van der Waals surface area (Å²) in [5.41, 5.74) is 8.79. The summed E-state index contributed by atoms with van der Waals surface area (Å²) >= 11 is 0. The zero-order valence-corrected chi connectivity index (χ0v) is 30.1. The Kier molecular flexibility index (Phi) is 11.7. The highest BCUT2D eigenvalue weighted by Crippen LogP contribution is 2.52. The summed E-state index contributed by atoms with van der Waals surface area (Å²) in [6.07, 6.45) is 0. The standard InChI is InChI=1S/C44H38O4S2/c1-45-37-23-15-31(16-24-37)41(32-17-25-38(46-2)26-18-32)43(35-11-7-5-8-12-35)49-50-44(36-13-9-6-10-14-36)42(33-19-27-39(47-3)28-20-33)34-21-29-40(48-4)30-22-34/h5-30H,1-4H3. The fourth-order valence-corrected chi connectivity index (χ4v) is 8.47. The van der Waals surface area contributed by atoms with E-state index in [0.29, 0.717) is 0 Å². The minimum Gasteiger partial charge on any atom is -0.497 e. The molecule has 0 unspecified atom stereocenters. The molecule has 0 saturated heterocycles. The molecule has 250 valence electrons. The third kappa shape index (κ3) is 8.11. The number of benzene rings is 6. The van der Waals surface area contributed by atoms with Gasteiger partial charge in [0, 0.05) is 21.0 Å². The summed E-state index contributed by atoms with van der Waals surface area (Å²) in [6.45, 7) is 0. The Bertz CT molecular complexity index is 1790. The second kappa shape index (κ2) is 16.9. The van der Waals surface area contributed by atoms with Crippen molar-refractivity contribution < 1.29 is 18.9 Å². The van der Waals surface area contributed by atoms with Gasteiger partial charge in [-0.2, -0.15) is 0 Å². The summed E-state index contributed by atoms with van der Waals surface area (Å²) < 4.78 is 22.1. The first-order chi connectivity index (χ1) is 24.6. The molecule has 0 N–H and O–H groups in total. The van der Waals surface area contributed by atoms with Crippen LogP contribution in [0.5, 0.6) is 23.0 Å². The lowest BCUT2D eigenvalue weighted by Gasteiger charge is -2.20. The van der Waals surface area contributed by atoms with Gasteiger partial charge in [-0.25, -0.2) is 0 Å². The van der Waals surface area contributed by atoms with Gasteiger partial charge in [0.05, 0.1) is 28.4 Å². The van der Waals surface area contributed by atoms with Crippen LogP contribution in [0.25, 0.3) is 21.0 Å². The molecule has 6 aromatic rings. The molecule has 0 spiro atoms. The van der Waals surface area contributed by atoms with E-state index in [-0.39, 0.29) is 0 Å². The molecule has 6 rings (SSSR count). The largest absolute Gasteiger partial charge is 0.497 e. The fourth-order valence-electron chi connectivity index (χ4n) is 5.62. The highest BCUT2D eigenvalue weighted by atomic mass is 33.1. The maximum Gasteiger partial charge on any atom is 0.118 e. The molecule has 6 heteroatoms. The first-order valence-electron chi connectivity index (χ1n) is 16.1. The van der Waals surface area contributed by atoms with Crippen molar-refractivity contribution in [3.05, 3.63) is 191 Å². The summed E-state index contributed by atoms with van der Waals surface area (Å²) in [5.74, 6) is 3.24. The molecule has 0 aliphatic heterocycles. The van der Waals surface area contributed by atoms with E-state index in [9.17, 15) is 0 Å². The van der Waals surface area contributed by atoms with Crippen LogP contribution in [-0.2, 0) is 0 Å². The van der Waals surface area contributed by atoms with Gasteiger partial charge < -0.3 is 18.9 Å². The number of ether oxygens (including phenoxy) is 4. The molecule has 4 nitrogen and oxygen atoms in total. The lowest BCUT2D eigenvalue weighted by molar-refractivity contribution is 0.414. The van der Waals surface area contributed by atoms with Crippen LogP contribution in [0.4, 0.5) is 0 Å². The number of methoxy groups -OCH3 is 4. The number of hydrogen-bond donors (Lipinski definition) is 0. The predicted molar refractivity (Wildman–Crippen MR) is 212 cm³/mol. The summed E-state index contributed by atoms with van der Waals surface area (Å²) in [4.78, 5) is 2.26. The summed E-state index contributed by atoms with van der Waals surface area (Å²) in [6, 6.07) is 54.3. The molecule has 0 aliphatic rings. The van der Waals surface area contributed by atoms with Gasteiger partial charge in [0.15, 0.2) is 0 Å². The molecule has 0 aromatic heterocycles. The summed E-state index contributed by atoms with van der Waals surface area (Å²) in [5, 5.41) is 0. The van der Waals surface area contributed by atoms with Gasteiger partial charge in [-0.3, -0.25) is 0 Å². The lowest BCUT2D eigenvalue weighted by atomic mass is 9.95. The predicted octanol–water partition coefficient (Wildman–Crippen LogP) is 11.6. The second-order valence-corrected chi connectivity index (χ2v) is 13.4. The molecule has 0 fully saturated rings. The first kappa shape index (κ1) is 34.6. The van der Waals surface area contributed by atoms with Crippen LogP contribution in [0.1, 0.15) is 33.4 Å². The van der Waals surface area contributed by atoms with Crippen molar-refractivity contribution in [3.63, 3.8) is 0 Å². The van der Waals surface area contributed by atoms with Gasteiger partial charge in [-0.1, -0.05) is 131 Å². The fraction of sp³-hybridized carbons (Fsp3) is 0.0909. The highest BCUT2D eigenvalue weighted by molar-refractivity contribution is 8.83. The van der Waals surface area contributed by atoms with Crippen LogP contribution in [0.15, 0.2) is 158 Å². The zero-order chi connectivity index (χ0) is 34.7. The first-order valence-corrected chi connectivity index (χ1v) is 18.3. The van der Waals surface area contributed by atoms with Crippen molar-refractivity contribution in [2.24, 2.45) is 0 Å². The van der Waals surface area contributed by atoms with Crippen LogP contribution >= 0.6 is 21.6 Å². The van der Waals surface area contributed by atoms with E-state index in [2.05, 4.69) is 109 Å². The molecule has 50 heavy (non-hydrogen) atoms. The average Bonchev–Trinajstić information content (AvgIpc) is 3.20. The van der Waals surface area contributed by atoms with Crippen LogP contribution in [-0.4, -0.2) is 28.4 Å². The van der Waals surface area contributed by atoms with Gasteiger partial charge >= 0.3 is 0 Å². The Morgan fingerprint density at radius 2 is 0.540 bits per heavy atom. The van der Waals surface area contributed by atoms with Crippen LogP contribution in [0, 0.1) is 0 Å². The van der Waals surface area contributed by atoms with Gasteiger partial charge in [-0.05, 0) is 81.9 Å². The van der Waals surface area contributed by atoms with Crippen LogP contribution in [0.2, 0.25) is 0 Å². The van der Waals surface area contributed by atoms with Gasteiger partial charge in [0.1, 0.15) is 23.0 Å². The molecule has 0 radical (unpaired) electrons. The SMILES string of the molecule is COc1ccc(C(=C(SSC(=C(c2ccc(OC)cc2)c2ccc(OC)cc2)c2ccccc2)c2ccccc2)c2ccc(OC)cc2)cc1. The molecule has 6 aromatic carbocycles. The molecule has 0 atom stereocenters. The maximum atomic E-state index is 5.53. The number of rotatable bonds is 13. The van der Waals surface area contributed by atoms with E-state index in [4.69, 9.17) is 18.9 Å². The summed E-state index contributed by atoms with van der Waals surface area (Å²) in [7, 11) is 10.3. The van der Waals surface area contributed by atoms with E-state index < -0.39 is 0 Å². The van der Waals surface area contributed by atoms with Gasteiger partial charge in [-0.15, -0.1) is 0 Å². The lowest BCUT2D eigenvalue weighted by Crippen LogP contribution is -1.96. The molecule has 0 bridgehead atoms. The quantitative estimate of drug-likeness (QED) is 0.0885. The Labute approximate surface area is 302 Å². The van der Waals surface area contributed by atoms with E-state index in [1.165, 1.54) is 0 Å². The molecular formula is C44H38O4S2. The zero-order valence-electron chi connectivity index (χ0n) is 28.5. The van der Waals surface area contributed by atoms with Crippen LogP contribution in [0.3, 0.4) is 0 Å². The van der Waals surface area contributed by atoms with Crippen molar-refractivity contribution >= 4 is 42.5 Å². The molecule has 0 amide bonds. The minimum absolute atomic E-state index is 0.809. The van der Waals surface area contributed by atoms with E-state index >= 15 is 0 Å². The monoisotopic (exact) mass is 694 g/mol. The Morgan fingerprint density at radius 3 is 0.760 bits per heavy atom. The molecule has 0 saturated carbocycles. The number of hydrogen-bond acceptors (Lipinski definition) is 6. The molecule has 0 aliphatic carbocycles. The third-order valence-corrected chi connectivity index (χ3v) is 10.8. The van der Waals surface area contributed by atoms with E-state index in [0.717, 1.165) is 77.3 Å². The van der Waals surface area contributed by atoms with Crippen molar-refractivity contribution in [2.75, 3.05) is 28.4 Å². The van der Waals surface area contributed by atoms with Crippen molar-refractivity contribution in [2.45, 2.75) is 0 Å². The topological polar surface area (TPSA) is 36.9 Å². The smallest absolute Gasteiger partial charge is 0.118 e. The van der Waals surface area contributed by atoms with E-state index in [1.807, 2.05) is 48.5 Å². The molecular weight excluding hydrogens is 657 g/mol. The third-order valence-electron chi connectivity index (χ3n) is 8.25.